The van der Waals surface area contributed by atoms with Gasteiger partial charge in [-0.15, -0.1) is 0 Å². The lowest BCUT2D eigenvalue weighted by molar-refractivity contribution is 0.170. The summed E-state index contributed by atoms with van der Waals surface area (Å²) < 4.78 is 29.7. The Hall–Kier alpha value is -0.890. The third kappa shape index (κ3) is 3.06. The molecule has 1 aromatic heterocycles. The van der Waals surface area contributed by atoms with Crippen LogP contribution in [-0.4, -0.2) is 43.8 Å². The molecule has 1 saturated carbocycles. The molecule has 20 heavy (non-hydrogen) atoms. The topological polar surface area (TPSA) is 79.8 Å². The minimum absolute atomic E-state index is 0.450. The second-order valence-corrected chi connectivity index (χ2v) is 7.39. The van der Waals surface area contributed by atoms with Crippen LogP contribution < -0.4 is 5.14 Å². The van der Waals surface area contributed by atoms with Gasteiger partial charge in [0.25, 0.3) is 10.2 Å². The van der Waals surface area contributed by atoms with Gasteiger partial charge in [-0.3, -0.25) is 4.90 Å². The maximum Gasteiger partial charge on any atom is 0.276 e. The maximum atomic E-state index is 11.2. The van der Waals surface area contributed by atoms with E-state index in [1.54, 1.807) is 0 Å². The maximum absolute atomic E-state index is 11.2. The first-order valence-electron chi connectivity index (χ1n) is 7.02. The number of hydrogen-bond donors (Lipinski definition) is 1. The molecule has 2 aliphatic rings. The Balaban J connectivity index is 1.53. The van der Waals surface area contributed by atoms with Crippen LogP contribution in [0.15, 0.2) is 16.5 Å². The number of piperazine rings is 1. The third-order valence-corrected chi connectivity index (χ3v) is 5.31. The fourth-order valence-corrected chi connectivity index (χ4v) is 3.43. The van der Waals surface area contributed by atoms with Gasteiger partial charge in [0.15, 0.2) is 0 Å². The van der Waals surface area contributed by atoms with Gasteiger partial charge in [0, 0.05) is 32.1 Å². The summed E-state index contributed by atoms with van der Waals surface area (Å²) in [6, 6.07) is 4.11. The van der Waals surface area contributed by atoms with Crippen LogP contribution in [0.1, 0.15) is 30.8 Å². The van der Waals surface area contributed by atoms with Crippen molar-refractivity contribution in [2.75, 3.05) is 26.2 Å². The lowest BCUT2D eigenvalue weighted by Crippen LogP contribution is -2.50. The highest BCUT2D eigenvalue weighted by molar-refractivity contribution is 7.86. The zero-order valence-corrected chi connectivity index (χ0v) is 12.5. The van der Waals surface area contributed by atoms with Crippen LogP contribution in [0.3, 0.4) is 0 Å². The molecule has 1 aliphatic heterocycles. The van der Waals surface area contributed by atoms with Gasteiger partial charge in [0.05, 0.1) is 6.54 Å². The number of furan rings is 1. The fourth-order valence-electron chi connectivity index (χ4n) is 2.76. The third-order valence-electron chi connectivity index (χ3n) is 4.23. The summed E-state index contributed by atoms with van der Waals surface area (Å²) in [7, 11) is -3.54. The average Bonchev–Trinajstić information content (AvgIpc) is 2.94. The zero-order valence-electron chi connectivity index (χ0n) is 11.7. The summed E-state index contributed by atoms with van der Waals surface area (Å²) in [5.74, 6) is 3.40. The van der Waals surface area contributed by atoms with Crippen molar-refractivity contribution in [2.24, 2.45) is 11.1 Å². The van der Waals surface area contributed by atoms with E-state index in [2.05, 4.69) is 17.9 Å². The molecule has 2 heterocycles. The average molecular weight is 299 g/mol. The highest BCUT2D eigenvalue weighted by Crippen LogP contribution is 2.47. The van der Waals surface area contributed by atoms with Crippen LogP contribution >= 0.6 is 0 Å². The molecular weight excluding hydrogens is 278 g/mol. The van der Waals surface area contributed by atoms with Crippen molar-refractivity contribution >= 4 is 10.2 Å². The highest BCUT2D eigenvalue weighted by atomic mass is 32.2. The molecule has 1 aliphatic carbocycles. The molecule has 1 saturated heterocycles. The molecule has 0 amide bonds. The van der Waals surface area contributed by atoms with Crippen LogP contribution in [0, 0.1) is 5.92 Å². The van der Waals surface area contributed by atoms with E-state index in [1.165, 1.54) is 10.7 Å². The molecule has 112 valence electrons. The summed E-state index contributed by atoms with van der Waals surface area (Å²) in [5.41, 5.74) is 0. The normalized spacial score (nSPS) is 28.7. The van der Waals surface area contributed by atoms with E-state index in [-0.39, 0.29) is 0 Å². The van der Waals surface area contributed by atoms with Crippen molar-refractivity contribution < 1.29 is 12.8 Å². The minimum Gasteiger partial charge on any atom is -0.464 e. The Labute approximate surface area is 119 Å². The quantitative estimate of drug-likeness (QED) is 0.888. The van der Waals surface area contributed by atoms with Crippen LogP contribution in [0.4, 0.5) is 0 Å². The molecule has 0 bridgehead atoms. The van der Waals surface area contributed by atoms with Gasteiger partial charge in [0.2, 0.25) is 0 Å². The van der Waals surface area contributed by atoms with Gasteiger partial charge in [-0.25, -0.2) is 5.14 Å². The molecule has 2 fully saturated rings. The molecular formula is C13H21N3O3S. The van der Waals surface area contributed by atoms with Crippen molar-refractivity contribution in [1.82, 2.24) is 9.21 Å². The Morgan fingerprint density at radius 3 is 2.50 bits per heavy atom. The minimum atomic E-state index is -3.54. The van der Waals surface area contributed by atoms with Gasteiger partial charge in [-0.05, 0) is 24.5 Å². The van der Waals surface area contributed by atoms with Crippen LogP contribution in [0.2, 0.25) is 0 Å². The zero-order chi connectivity index (χ0) is 14.3. The fraction of sp³-hybridized carbons (Fsp3) is 0.692. The Bertz CT molecular complexity index is 575. The molecule has 6 nitrogen and oxygen atoms in total. The predicted octanol–water partition coefficient (Wildman–Crippen LogP) is 0.724. The smallest absolute Gasteiger partial charge is 0.276 e. The van der Waals surface area contributed by atoms with Crippen molar-refractivity contribution in [3.63, 3.8) is 0 Å². The molecule has 1 aromatic rings. The van der Waals surface area contributed by atoms with E-state index >= 15 is 0 Å². The lowest BCUT2D eigenvalue weighted by Gasteiger charge is -2.32. The molecule has 2 N–H and O–H groups in total. The van der Waals surface area contributed by atoms with E-state index < -0.39 is 10.2 Å². The standard InChI is InChI=1S/C13H21N3O3S/c1-10-8-12(10)13-3-2-11(19-13)9-15-4-6-16(7-5-15)20(14,17)18/h2-3,10,12H,4-9H2,1H3,(H2,14,17,18)/t10-,12+/m0/s1. The molecule has 0 radical (unpaired) electrons. The van der Waals surface area contributed by atoms with Gasteiger partial charge in [0.1, 0.15) is 11.5 Å². The molecule has 0 spiro atoms. The van der Waals surface area contributed by atoms with E-state index in [0.717, 1.165) is 24.0 Å². The van der Waals surface area contributed by atoms with Crippen molar-refractivity contribution in [1.29, 1.82) is 0 Å². The highest BCUT2D eigenvalue weighted by Gasteiger charge is 2.36. The van der Waals surface area contributed by atoms with Gasteiger partial charge in [-0.2, -0.15) is 12.7 Å². The number of hydrogen-bond acceptors (Lipinski definition) is 4. The second kappa shape index (κ2) is 5.14. The predicted molar refractivity (Wildman–Crippen MR) is 75.2 cm³/mol. The van der Waals surface area contributed by atoms with Crippen LogP contribution in [-0.2, 0) is 16.8 Å². The Morgan fingerprint density at radius 1 is 1.30 bits per heavy atom. The summed E-state index contributed by atoms with van der Waals surface area (Å²) in [4.78, 5) is 2.20. The molecule has 3 rings (SSSR count). The van der Waals surface area contributed by atoms with E-state index in [0.29, 0.717) is 32.1 Å². The van der Waals surface area contributed by atoms with Crippen molar-refractivity contribution in [2.45, 2.75) is 25.8 Å². The molecule has 0 unspecified atom stereocenters. The van der Waals surface area contributed by atoms with Crippen LogP contribution in [0.5, 0.6) is 0 Å². The van der Waals surface area contributed by atoms with Gasteiger partial charge in [-0.1, -0.05) is 6.92 Å². The summed E-state index contributed by atoms with van der Waals surface area (Å²) in [6.07, 6.45) is 1.22. The molecule has 2 atom stereocenters. The van der Waals surface area contributed by atoms with E-state index in [4.69, 9.17) is 9.56 Å². The summed E-state index contributed by atoms with van der Waals surface area (Å²) in [6.45, 7) is 5.25. The second-order valence-electron chi connectivity index (χ2n) is 5.84. The van der Waals surface area contributed by atoms with Crippen molar-refractivity contribution in [3.8, 4) is 0 Å². The Kier molecular flexibility index (Phi) is 3.62. The number of rotatable bonds is 4. The summed E-state index contributed by atoms with van der Waals surface area (Å²) in [5, 5.41) is 5.13. The van der Waals surface area contributed by atoms with E-state index in [9.17, 15) is 8.42 Å². The first-order valence-corrected chi connectivity index (χ1v) is 8.52. The van der Waals surface area contributed by atoms with Gasteiger partial charge < -0.3 is 4.42 Å². The first-order chi connectivity index (χ1) is 9.43. The monoisotopic (exact) mass is 299 g/mol. The lowest BCUT2D eigenvalue weighted by atomic mass is 10.3. The SMILES string of the molecule is C[C@H]1C[C@H]1c1ccc(CN2CCN(S(N)(=O)=O)CC2)o1. The largest absolute Gasteiger partial charge is 0.464 e. The first kappa shape index (κ1) is 14.1. The van der Waals surface area contributed by atoms with E-state index in [1.807, 2.05) is 6.07 Å². The van der Waals surface area contributed by atoms with Crippen LogP contribution in [0.25, 0.3) is 0 Å². The Morgan fingerprint density at radius 2 is 1.95 bits per heavy atom. The summed E-state index contributed by atoms with van der Waals surface area (Å²) >= 11 is 0. The molecule has 0 aromatic carbocycles. The number of nitrogens with two attached hydrogens (primary N) is 1. The van der Waals surface area contributed by atoms with Gasteiger partial charge >= 0.3 is 0 Å². The van der Waals surface area contributed by atoms with Crippen molar-refractivity contribution in [3.05, 3.63) is 23.7 Å². The molecule has 7 heteroatoms. The number of nitrogens with zero attached hydrogens (tertiary/aromatic N) is 2.